The van der Waals surface area contributed by atoms with Gasteiger partial charge in [-0.05, 0) is 42.5 Å². The summed E-state index contributed by atoms with van der Waals surface area (Å²) in [5.41, 5.74) is 3.69. The van der Waals surface area contributed by atoms with Crippen LogP contribution in [0.3, 0.4) is 0 Å². The number of amides is 3. The van der Waals surface area contributed by atoms with E-state index in [0.717, 1.165) is 28.5 Å². The Kier molecular flexibility index (Phi) is 4.68. The van der Waals surface area contributed by atoms with E-state index in [4.69, 9.17) is 0 Å². The molecule has 0 atom stereocenters. The van der Waals surface area contributed by atoms with Crippen molar-refractivity contribution in [3.63, 3.8) is 0 Å². The van der Waals surface area contributed by atoms with Gasteiger partial charge in [-0.2, -0.15) is 8.75 Å². The number of fused-ring (bicyclic) bond motifs is 1. The fraction of sp³-hybridized carbons (Fsp3) is 0.158. The second-order valence-electron chi connectivity index (χ2n) is 5.88. The first-order chi connectivity index (χ1) is 13.2. The number of nitrogens with zero attached hydrogens (tertiary/aromatic N) is 3. The quantitative estimate of drug-likeness (QED) is 0.684. The van der Waals surface area contributed by atoms with E-state index in [1.54, 1.807) is 23.1 Å². The van der Waals surface area contributed by atoms with Gasteiger partial charge in [-0.15, -0.1) is 0 Å². The Morgan fingerprint density at radius 1 is 1.19 bits per heavy atom. The molecule has 8 heteroatoms. The molecule has 2 N–H and O–H groups in total. The Bertz CT molecular complexity index is 1060. The standard InChI is InChI=1S/C19H15N5O2S/c25-18(14-5-8-16-17(12-14)23-27-22-16)20-9-1-2-13-3-6-15(7-4-13)24-11-10-21-19(24)26/h3-8,12H,9-11H2,(H,20,25)(H,21,26). The Morgan fingerprint density at radius 2 is 2.00 bits per heavy atom. The summed E-state index contributed by atoms with van der Waals surface area (Å²) < 4.78 is 8.25. The molecule has 0 bridgehead atoms. The van der Waals surface area contributed by atoms with Gasteiger partial charge in [0.2, 0.25) is 0 Å². The molecular weight excluding hydrogens is 362 g/mol. The number of hydrogen-bond acceptors (Lipinski definition) is 5. The Morgan fingerprint density at radius 3 is 2.78 bits per heavy atom. The average molecular weight is 377 g/mol. The topological polar surface area (TPSA) is 87.2 Å². The van der Waals surface area contributed by atoms with E-state index >= 15 is 0 Å². The summed E-state index contributed by atoms with van der Waals surface area (Å²) >= 11 is 1.12. The maximum absolute atomic E-state index is 12.2. The largest absolute Gasteiger partial charge is 0.341 e. The summed E-state index contributed by atoms with van der Waals surface area (Å²) in [6.07, 6.45) is 0. The van der Waals surface area contributed by atoms with Crippen molar-refractivity contribution in [1.29, 1.82) is 0 Å². The van der Waals surface area contributed by atoms with Gasteiger partial charge < -0.3 is 10.6 Å². The molecule has 3 amide bonds. The molecule has 1 aliphatic heterocycles. The van der Waals surface area contributed by atoms with Crippen molar-refractivity contribution in [2.45, 2.75) is 0 Å². The van der Waals surface area contributed by atoms with Crippen molar-refractivity contribution < 1.29 is 9.59 Å². The summed E-state index contributed by atoms with van der Waals surface area (Å²) in [5, 5.41) is 5.54. The van der Waals surface area contributed by atoms with Gasteiger partial charge in [0.1, 0.15) is 11.0 Å². The fourth-order valence-electron chi connectivity index (χ4n) is 2.74. The van der Waals surface area contributed by atoms with Crippen LogP contribution in [0.1, 0.15) is 15.9 Å². The van der Waals surface area contributed by atoms with Crippen LogP contribution < -0.4 is 15.5 Å². The Hall–Kier alpha value is -3.44. The highest BCUT2D eigenvalue weighted by molar-refractivity contribution is 7.00. The van der Waals surface area contributed by atoms with Crippen molar-refractivity contribution in [3.8, 4) is 11.8 Å². The van der Waals surface area contributed by atoms with E-state index in [0.29, 0.717) is 24.2 Å². The lowest BCUT2D eigenvalue weighted by molar-refractivity contribution is 0.0959. The van der Waals surface area contributed by atoms with E-state index < -0.39 is 0 Å². The van der Waals surface area contributed by atoms with Gasteiger partial charge in [-0.25, -0.2) is 4.79 Å². The van der Waals surface area contributed by atoms with E-state index in [9.17, 15) is 9.59 Å². The first kappa shape index (κ1) is 17.0. The van der Waals surface area contributed by atoms with Crippen LogP contribution >= 0.6 is 11.7 Å². The van der Waals surface area contributed by atoms with Crippen LogP contribution in [0.2, 0.25) is 0 Å². The van der Waals surface area contributed by atoms with E-state index in [1.807, 2.05) is 24.3 Å². The second kappa shape index (κ2) is 7.43. The highest BCUT2D eigenvalue weighted by atomic mass is 32.1. The summed E-state index contributed by atoms with van der Waals surface area (Å²) in [5.74, 6) is 5.73. The minimum absolute atomic E-state index is 0.0804. The van der Waals surface area contributed by atoms with E-state index in [1.165, 1.54) is 0 Å². The molecule has 1 aliphatic rings. The number of urea groups is 1. The molecule has 27 heavy (non-hydrogen) atoms. The smallest absolute Gasteiger partial charge is 0.321 e. The van der Waals surface area contributed by atoms with Crippen LogP contribution in [-0.4, -0.2) is 40.3 Å². The molecule has 0 saturated carbocycles. The second-order valence-corrected chi connectivity index (χ2v) is 6.41. The first-order valence-corrected chi connectivity index (χ1v) is 9.08. The number of carbonyl (C=O) groups excluding carboxylic acids is 2. The van der Waals surface area contributed by atoms with Crippen LogP contribution in [0, 0.1) is 11.8 Å². The zero-order valence-electron chi connectivity index (χ0n) is 14.2. The lowest BCUT2D eigenvalue weighted by Crippen LogP contribution is -2.27. The maximum atomic E-state index is 12.2. The third-order valence-electron chi connectivity index (χ3n) is 4.12. The van der Waals surface area contributed by atoms with E-state index in [2.05, 4.69) is 31.2 Å². The highest BCUT2D eigenvalue weighted by Crippen LogP contribution is 2.17. The SMILES string of the molecule is O=C(NCC#Cc1ccc(N2CCNC2=O)cc1)c1ccc2nsnc2c1. The summed E-state index contributed by atoms with van der Waals surface area (Å²) in [6, 6.07) is 12.6. The number of aromatic nitrogens is 2. The summed E-state index contributed by atoms with van der Waals surface area (Å²) in [6.45, 7) is 1.56. The zero-order valence-corrected chi connectivity index (χ0v) is 15.0. The number of hydrogen-bond donors (Lipinski definition) is 2. The fourth-order valence-corrected chi connectivity index (χ4v) is 3.26. The molecule has 0 spiro atoms. The summed E-state index contributed by atoms with van der Waals surface area (Å²) in [4.78, 5) is 25.5. The molecule has 3 aromatic rings. The zero-order chi connectivity index (χ0) is 18.6. The van der Waals surface area contributed by atoms with Crippen LogP contribution in [0.15, 0.2) is 42.5 Å². The third-order valence-corrected chi connectivity index (χ3v) is 4.68. The minimum Gasteiger partial charge on any atom is -0.341 e. The maximum Gasteiger partial charge on any atom is 0.321 e. The van der Waals surface area contributed by atoms with Gasteiger partial charge in [-0.3, -0.25) is 9.69 Å². The predicted molar refractivity (Wildman–Crippen MR) is 104 cm³/mol. The minimum atomic E-state index is -0.199. The van der Waals surface area contributed by atoms with Crippen LogP contribution in [0.4, 0.5) is 10.5 Å². The van der Waals surface area contributed by atoms with Gasteiger partial charge in [0, 0.05) is 29.9 Å². The lowest BCUT2D eigenvalue weighted by atomic mass is 10.2. The summed E-state index contributed by atoms with van der Waals surface area (Å²) in [7, 11) is 0. The number of carbonyl (C=O) groups is 2. The van der Waals surface area contributed by atoms with Crippen molar-refractivity contribution >= 4 is 40.4 Å². The average Bonchev–Trinajstić information content (AvgIpc) is 3.33. The van der Waals surface area contributed by atoms with E-state index in [-0.39, 0.29) is 18.5 Å². The van der Waals surface area contributed by atoms with Gasteiger partial charge in [0.15, 0.2) is 0 Å². The predicted octanol–water partition coefficient (Wildman–Crippen LogP) is 2.00. The molecule has 0 radical (unpaired) electrons. The van der Waals surface area contributed by atoms with Gasteiger partial charge >= 0.3 is 6.03 Å². The Labute approximate surface area is 159 Å². The van der Waals surface area contributed by atoms with Crippen LogP contribution in [0.25, 0.3) is 11.0 Å². The van der Waals surface area contributed by atoms with Crippen molar-refractivity contribution in [2.24, 2.45) is 0 Å². The molecule has 134 valence electrons. The molecule has 7 nitrogen and oxygen atoms in total. The van der Waals surface area contributed by atoms with Gasteiger partial charge in [0.25, 0.3) is 5.91 Å². The molecule has 4 rings (SSSR count). The number of nitrogens with one attached hydrogen (secondary N) is 2. The number of benzene rings is 2. The molecule has 1 fully saturated rings. The molecule has 2 aromatic carbocycles. The Balaban J connectivity index is 1.34. The normalized spacial score (nSPS) is 13.2. The van der Waals surface area contributed by atoms with Crippen molar-refractivity contribution in [1.82, 2.24) is 19.4 Å². The molecule has 0 unspecified atom stereocenters. The lowest BCUT2D eigenvalue weighted by Gasteiger charge is -2.13. The highest BCUT2D eigenvalue weighted by Gasteiger charge is 2.20. The van der Waals surface area contributed by atoms with Crippen LogP contribution in [0.5, 0.6) is 0 Å². The van der Waals surface area contributed by atoms with Crippen molar-refractivity contribution in [3.05, 3.63) is 53.6 Å². The van der Waals surface area contributed by atoms with Crippen LogP contribution in [-0.2, 0) is 0 Å². The molecule has 2 heterocycles. The van der Waals surface area contributed by atoms with Crippen molar-refractivity contribution in [2.75, 3.05) is 24.5 Å². The first-order valence-electron chi connectivity index (χ1n) is 8.35. The number of rotatable bonds is 3. The van der Waals surface area contributed by atoms with Gasteiger partial charge in [0.05, 0.1) is 18.3 Å². The number of anilines is 1. The van der Waals surface area contributed by atoms with Gasteiger partial charge in [-0.1, -0.05) is 11.8 Å². The molecular formula is C19H15N5O2S. The molecule has 1 aromatic heterocycles. The monoisotopic (exact) mass is 377 g/mol. The third kappa shape index (κ3) is 3.73. The molecule has 0 aliphatic carbocycles. The molecule has 1 saturated heterocycles.